The highest BCUT2D eigenvalue weighted by atomic mass is 79.9. The van der Waals surface area contributed by atoms with Crippen molar-refractivity contribution in [2.45, 2.75) is 6.10 Å². The van der Waals surface area contributed by atoms with E-state index in [9.17, 15) is 5.11 Å². The number of benzene rings is 2. The summed E-state index contributed by atoms with van der Waals surface area (Å²) in [5.41, 5.74) is 0.803. The molecule has 0 aliphatic heterocycles. The Labute approximate surface area is 114 Å². The van der Waals surface area contributed by atoms with Crippen LogP contribution in [0.15, 0.2) is 53.0 Å². The number of hydrogen-bond acceptors (Lipinski definition) is 3. The van der Waals surface area contributed by atoms with Crippen molar-refractivity contribution in [2.75, 3.05) is 6.61 Å². The predicted molar refractivity (Wildman–Crippen MR) is 72.7 cm³/mol. The minimum atomic E-state index is -0.674. The highest BCUT2D eigenvalue weighted by Crippen LogP contribution is 2.20. The minimum Gasteiger partial charge on any atom is -0.508 e. The van der Waals surface area contributed by atoms with E-state index in [2.05, 4.69) is 15.9 Å². The van der Waals surface area contributed by atoms with Crippen LogP contribution in [-0.2, 0) is 0 Å². The number of rotatable bonds is 4. The van der Waals surface area contributed by atoms with E-state index in [0.29, 0.717) is 5.75 Å². The van der Waals surface area contributed by atoms with Crippen LogP contribution in [0.3, 0.4) is 0 Å². The Balaban J connectivity index is 1.93. The lowest BCUT2D eigenvalue weighted by atomic mass is 10.1. The van der Waals surface area contributed by atoms with Crippen molar-refractivity contribution in [1.29, 1.82) is 0 Å². The summed E-state index contributed by atoms with van der Waals surface area (Å²) in [6.45, 7) is 0.173. The van der Waals surface area contributed by atoms with Gasteiger partial charge in [-0.3, -0.25) is 0 Å². The van der Waals surface area contributed by atoms with Gasteiger partial charge in [0, 0.05) is 4.47 Å². The molecular formula is C14H13BrO3. The van der Waals surface area contributed by atoms with Gasteiger partial charge in [-0.2, -0.15) is 0 Å². The lowest BCUT2D eigenvalue weighted by molar-refractivity contribution is 0.108. The molecule has 0 amide bonds. The molecule has 0 saturated heterocycles. The first kappa shape index (κ1) is 12.9. The Morgan fingerprint density at radius 1 is 1.00 bits per heavy atom. The number of hydrogen-bond donors (Lipinski definition) is 2. The number of halogens is 1. The molecule has 1 unspecified atom stereocenters. The smallest absolute Gasteiger partial charge is 0.119 e. The second-order valence-corrected chi connectivity index (χ2v) is 4.79. The number of ether oxygens (including phenoxy) is 1. The van der Waals surface area contributed by atoms with Gasteiger partial charge in [-0.05, 0) is 42.0 Å². The first-order chi connectivity index (χ1) is 8.65. The van der Waals surface area contributed by atoms with Gasteiger partial charge in [0.25, 0.3) is 0 Å². The van der Waals surface area contributed by atoms with E-state index < -0.39 is 6.10 Å². The summed E-state index contributed by atoms with van der Waals surface area (Å²) < 4.78 is 6.40. The van der Waals surface area contributed by atoms with Crippen LogP contribution in [0.4, 0.5) is 0 Å². The van der Waals surface area contributed by atoms with Gasteiger partial charge in [-0.15, -0.1) is 0 Å². The maximum absolute atomic E-state index is 9.94. The molecule has 2 aromatic carbocycles. The number of aliphatic hydroxyl groups is 1. The molecule has 2 N–H and O–H groups in total. The summed E-state index contributed by atoms with van der Waals surface area (Å²) in [5, 5.41) is 19.1. The summed E-state index contributed by atoms with van der Waals surface area (Å²) in [5.74, 6) is 0.805. The van der Waals surface area contributed by atoms with E-state index >= 15 is 0 Å². The van der Waals surface area contributed by atoms with Crippen molar-refractivity contribution in [2.24, 2.45) is 0 Å². The first-order valence-electron chi connectivity index (χ1n) is 5.50. The molecule has 0 aromatic heterocycles. The van der Waals surface area contributed by atoms with Crippen LogP contribution < -0.4 is 4.74 Å². The van der Waals surface area contributed by atoms with Gasteiger partial charge in [0.15, 0.2) is 0 Å². The van der Waals surface area contributed by atoms with E-state index in [1.165, 1.54) is 0 Å². The molecule has 0 fully saturated rings. The van der Waals surface area contributed by atoms with E-state index in [0.717, 1.165) is 10.0 Å². The van der Waals surface area contributed by atoms with Crippen molar-refractivity contribution in [3.63, 3.8) is 0 Å². The number of phenolic OH excluding ortho intramolecular Hbond substituents is 1. The molecule has 18 heavy (non-hydrogen) atoms. The third kappa shape index (κ3) is 3.48. The molecule has 3 nitrogen and oxygen atoms in total. The molecule has 0 saturated carbocycles. The maximum Gasteiger partial charge on any atom is 0.119 e. The predicted octanol–water partition coefficient (Wildman–Crippen LogP) is 3.27. The van der Waals surface area contributed by atoms with Gasteiger partial charge >= 0.3 is 0 Å². The monoisotopic (exact) mass is 308 g/mol. The molecule has 94 valence electrons. The van der Waals surface area contributed by atoms with E-state index in [1.807, 2.05) is 24.3 Å². The van der Waals surface area contributed by atoms with Gasteiger partial charge in [0.1, 0.15) is 24.2 Å². The van der Waals surface area contributed by atoms with Crippen molar-refractivity contribution in [1.82, 2.24) is 0 Å². The average molecular weight is 309 g/mol. The average Bonchev–Trinajstić information content (AvgIpc) is 2.38. The summed E-state index contributed by atoms with van der Waals surface area (Å²) in [7, 11) is 0. The minimum absolute atomic E-state index is 0.173. The van der Waals surface area contributed by atoms with Gasteiger partial charge in [0.05, 0.1) is 0 Å². The molecule has 0 aliphatic carbocycles. The standard InChI is InChI=1S/C14H13BrO3/c15-11-3-1-10(2-4-11)14(17)9-18-13-7-5-12(16)6-8-13/h1-8,14,16-17H,9H2. The van der Waals surface area contributed by atoms with Gasteiger partial charge in [-0.1, -0.05) is 28.1 Å². The van der Waals surface area contributed by atoms with Crippen LogP contribution in [0.5, 0.6) is 11.5 Å². The first-order valence-corrected chi connectivity index (χ1v) is 6.30. The Bertz CT molecular complexity index is 493. The van der Waals surface area contributed by atoms with Crippen molar-refractivity contribution in [3.05, 3.63) is 58.6 Å². The number of aliphatic hydroxyl groups excluding tert-OH is 1. The van der Waals surface area contributed by atoms with Crippen molar-refractivity contribution in [3.8, 4) is 11.5 Å². The molecule has 2 rings (SSSR count). The molecule has 2 aromatic rings. The largest absolute Gasteiger partial charge is 0.508 e. The Morgan fingerprint density at radius 2 is 1.61 bits per heavy atom. The quantitative estimate of drug-likeness (QED) is 0.911. The second kappa shape index (κ2) is 5.89. The fourth-order valence-electron chi connectivity index (χ4n) is 1.50. The van der Waals surface area contributed by atoms with Crippen molar-refractivity contribution >= 4 is 15.9 Å². The zero-order chi connectivity index (χ0) is 13.0. The van der Waals surface area contributed by atoms with Crippen LogP contribution in [0.2, 0.25) is 0 Å². The highest BCUT2D eigenvalue weighted by molar-refractivity contribution is 9.10. The summed E-state index contributed by atoms with van der Waals surface area (Å²) in [6.07, 6.45) is -0.674. The molecule has 1 atom stereocenters. The second-order valence-electron chi connectivity index (χ2n) is 3.87. The van der Waals surface area contributed by atoms with E-state index in [4.69, 9.17) is 9.84 Å². The zero-order valence-corrected chi connectivity index (χ0v) is 11.2. The third-order valence-electron chi connectivity index (χ3n) is 2.50. The maximum atomic E-state index is 9.94. The van der Waals surface area contributed by atoms with Crippen LogP contribution in [0, 0.1) is 0 Å². The summed E-state index contributed by atoms with van der Waals surface area (Å²) in [6, 6.07) is 13.8. The Kier molecular flexibility index (Phi) is 4.23. The molecule has 0 heterocycles. The van der Waals surface area contributed by atoms with Gasteiger partial charge < -0.3 is 14.9 Å². The Hall–Kier alpha value is -1.52. The summed E-state index contributed by atoms with van der Waals surface area (Å²) >= 11 is 3.34. The number of phenols is 1. The van der Waals surface area contributed by atoms with Crippen LogP contribution in [0.25, 0.3) is 0 Å². The van der Waals surface area contributed by atoms with Crippen LogP contribution in [-0.4, -0.2) is 16.8 Å². The molecule has 0 aliphatic rings. The van der Waals surface area contributed by atoms with Crippen LogP contribution >= 0.6 is 15.9 Å². The van der Waals surface area contributed by atoms with Gasteiger partial charge in [-0.25, -0.2) is 0 Å². The SMILES string of the molecule is Oc1ccc(OCC(O)c2ccc(Br)cc2)cc1. The van der Waals surface area contributed by atoms with E-state index in [1.54, 1.807) is 24.3 Å². The topological polar surface area (TPSA) is 49.7 Å². The van der Waals surface area contributed by atoms with Crippen molar-refractivity contribution < 1.29 is 14.9 Å². The molecular weight excluding hydrogens is 296 g/mol. The molecule has 0 bridgehead atoms. The lowest BCUT2D eigenvalue weighted by Crippen LogP contribution is -2.09. The fraction of sp³-hybridized carbons (Fsp3) is 0.143. The summed E-state index contributed by atoms with van der Waals surface area (Å²) in [4.78, 5) is 0. The zero-order valence-electron chi connectivity index (χ0n) is 9.58. The van der Waals surface area contributed by atoms with Gasteiger partial charge in [0.2, 0.25) is 0 Å². The highest BCUT2D eigenvalue weighted by Gasteiger charge is 2.08. The fourth-order valence-corrected chi connectivity index (χ4v) is 1.76. The van der Waals surface area contributed by atoms with E-state index in [-0.39, 0.29) is 12.4 Å². The molecule has 4 heteroatoms. The molecule has 0 spiro atoms. The molecule has 0 radical (unpaired) electrons. The number of aromatic hydroxyl groups is 1. The Morgan fingerprint density at radius 3 is 2.22 bits per heavy atom. The lowest BCUT2D eigenvalue weighted by Gasteiger charge is -2.12. The van der Waals surface area contributed by atoms with Crippen LogP contribution in [0.1, 0.15) is 11.7 Å². The normalized spacial score (nSPS) is 12.1. The third-order valence-corrected chi connectivity index (χ3v) is 3.03.